The number of benzene rings is 1. The van der Waals surface area contributed by atoms with E-state index in [0.29, 0.717) is 12.0 Å². The summed E-state index contributed by atoms with van der Waals surface area (Å²) in [6.07, 6.45) is 1.94. The number of hydrogen-bond acceptors (Lipinski definition) is 4. The van der Waals surface area contributed by atoms with Gasteiger partial charge < -0.3 is 9.84 Å². The minimum absolute atomic E-state index is 0.0100. The van der Waals surface area contributed by atoms with Gasteiger partial charge in [0.2, 0.25) is 0 Å². The molecule has 0 saturated heterocycles. The predicted octanol–water partition coefficient (Wildman–Crippen LogP) is 1.87. The first-order valence-electron chi connectivity index (χ1n) is 5.14. The molecule has 0 saturated carbocycles. The first kappa shape index (κ1) is 13.0. The SMILES string of the molecule is C=CC(=O)CCc1ccc(O)cc1C(=O)OC. The van der Waals surface area contributed by atoms with Crippen molar-refractivity contribution in [2.75, 3.05) is 7.11 Å². The fraction of sp³-hybridized carbons (Fsp3) is 0.231. The lowest BCUT2D eigenvalue weighted by Gasteiger charge is -2.07. The number of aromatic hydroxyl groups is 1. The number of phenolic OH excluding ortho intramolecular Hbond substituents is 1. The Morgan fingerprint density at radius 1 is 1.47 bits per heavy atom. The van der Waals surface area contributed by atoms with Crippen molar-refractivity contribution in [2.24, 2.45) is 0 Å². The Labute approximate surface area is 99.5 Å². The Morgan fingerprint density at radius 2 is 2.18 bits per heavy atom. The lowest BCUT2D eigenvalue weighted by molar-refractivity contribution is -0.114. The first-order chi connectivity index (χ1) is 8.08. The molecule has 0 aliphatic rings. The zero-order valence-corrected chi connectivity index (χ0v) is 9.60. The third-order valence-corrected chi connectivity index (χ3v) is 2.37. The van der Waals surface area contributed by atoms with Gasteiger partial charge in [0.25, 0.3) is 0 Å². The fourth-order valence-corrected chi connectivity index (χ4v) is 1.44. The highest BCUT2D eigenvalue weighted by atomic mass is 16.5. The van der Waals surface area contributed by atoms with Crippen LogP contribution in [-0.4, -0.2) is 24.0 Å². The van der Waals surface area contributed by atoms with Gasteiger partial charge in [-0.05, 0) is 30.2 Å². The number of hydrogen-bond donors (Lipinski definition) is 1. The molecule has 0 fully saturated rings. The molecule has 1 N–H and O–H groups in total. The Hall–Kier alpha value is -2.10. The summed E-state index contributed by atoms with van der Waals surface area (Å²) >= 11 is 0. The van der Waals surface area contributed by atoms with Gasteiger partial charge >= 0.3 is 5.97 Å². The van der Waals surface area contributed by atoms with E-state index in [2.05, 4.69) is 11.3 Å². The predicted molar refractivity (Wildman–Crippen MR) is 63.0 cm³/mol. The van der Waals surface area contributed by atoms with E-state index in [1.54, 1.807) is 6.07 Å². The zero-order valence-electron chi connectivity index (χ0n) is 9.60. The second-order valence-corrected chi connectivity index (χ2v) is 3.50. The molecule has 0 amide bonds. The zero-order chi connectivity index (χ0) is 12.8. The Balaban J connectivity index is 2.94. The molecule has 0 aromatic heterocycles. The number of aryl methyl sites for hydroxylation is 1. The van der Waals surface area contributed by atoms with Crippen LogP contribution >= 0.6 is 0 Å². The van der Waals surface area contributed by atoms with E-state index < -0.39 is 5.97 Å². The molecule has 4 nitrogen and oxygen atoms in total. The summed E-state index contributed by atoms with van der Waals surface area (Å²) in [4.78, 5) is 22.6. The van der Waals surface area contributed by atoms with E-state index in [-0.39, 0.29) is 23.5 Å². The molecule has 90 valence electrons. The Bertz CT molecular complexity index is 449. The Morgan fingerprint density at radius 3 is 2.76 bits per heavy atom. The van der Waals surface area contributed by atoms with E-state index >= 15 is 0 Å². The van der Waals surface area contributed by atoms with E-state index in [4.69, 9.17) is 0 Å². The normalized spacial score (nSPS) is 9.71. The van der Waals surface area contributed by atoms with Crippen LogP contribution < -0.4 is 0 Å². The van der Waals surface area contributed by atoms with Crippen LogP contribution in [0.3, 0.4) is 0 Å². The van der Waals surface area contributed by atoms with Gasteiger partial charge in [-0.1, -0.05) is 12.6 Å². The topological polar surface area (TPSA) is 63.6 Å². The summed E-state index contributed by atoms with van der Waals surface area (Å²) in [5, 5.41) is 9.31. The second-order valence-electron chi connectivity index (χ2n) is 3.50. The van der Waals surface area contributed by atoms with Crippen LogP contribution in [0, 0.1) is 0 Å². The maximum absolute atomic E-state index is 11.5. The highest BCUT2D eigenvalue weighted by Crippen LogP contribution is 2.19. The average molecular weight is 234 g/mol. The number of phenols is 1. The van der Waals surface area contributed by atoms with Gasteiger partial charge in [0.05, 0.1) is 12.7 Å². The molecule has 1 aromatic rings. The second kappa shape index (κ2) is 5.84. The van der Waals surface area contributed by atoms with E-state index in [0.717, 1.165) is 0 Å². The Kier molecular flexibility index (Phi) is 4.46. The number of rotatable bonds is 5. The summed E-state index contributed by atoms with van der Waals surface area (Å²) in [5.74, 6) is -0.625. The van der Waals surface area contributed by atoms with Crippen LogP contribution in [0.15, 0.2) is 30.9 Å². The summed E-state index contributed by atoms with van der Waals surface area (Å²) in [6, 6.07) is 4.41. The molecule has 0 atom stereocenters. The number of carbonyl (C=O) groups is 2. The molecule has 0 radical (unpaired) electrons. The van der Waals surface area contributed by atoms with Crippen molar-refractivity contribution in [3.8, 4) is 5.75 Å². The maximum Gasteiger partial charge on any atom is 0.338 e. The van der Waals surface area contributed by atoms with Crippen LogP contribution in [0.25, 0.3) is 0 Å². The van der Waals surface area contributed by atoms with E-state index in [1.807, 2.05) is 0 Å². The van der Waals surface area contributed by atoms with Gasteiger partial charge in [0, 0.05) is 6.42 Å². The third-order valence-electron chi connectivity index (χ3n) is 2.37. The molecule has 0 unspecified atom stereocenters. The van der Waals surface area contributed by atoms with E-state index in [9.17, 15) is 14.7 Å². The van der Waals surface area contributed by atoms with Crippen molar-refractivity contribution < 1.29 is 19.4 Å². The smallest absolute Gasteiger partial charge is 0.338 e. The lowest BCUT2D eigenvalue weighted by Crippen LogP contribution is -2.07. The van der Waals surface area contributed by atoms with Gasteiger partial charge in [0.15, 0.2) is 5.78 Å². The van der Waals surface area contributed by atoms with Gasteiger partial charge in [-0.25, -0.2) is 4.79 Å². The highest BCUT2D eigenvalue weighted by molar-refractivity contribution is 5.92. The summed E-state index contributed by atoms with van der Waals surface area (Å²) in [6.45, 7) is 3.38. The molecular weight excluding hydrogens is 220 g/mol. The summed E-state index contributed by atoms with van der Waals surface area (Å²) in [7, 11) is 1.27. The van der Waals surface area contributed by atoms with Crippen molar-refractivity contribution in [1.82, 2.24) is 0 Å². The lowest BCUT2D eigenvalue weighted by atomic mass is 10.0. The third kappa shape index (κ3) is 3.45. The number of allylic oxidation sites excluding steroid dienone is 1. The summed E-state index contributed by atoms with van der Waals surface area (Å²) < 4.78 is 4.61. The molecule has 1 rings (SSSR count). The quantitative estimate of drug-likeness (QED) is 0.624. The number of esters is 1. The molecule has 0 aliphatic carbocycles. The van der Waals surface area contributed by atoms with Crippen LogP contribution in [0.2, 0.25) is 0 Å². The van der Waals surface area contributed by atoms with Crippen LogP contribution in [0.1, 0.15) is 22.3 Å². The molecular formula is C13H14O4. The van der Waals surface area contributed by atoms with Gasteiger partial charge in [-0.15, -0.1) is 0 Å². The average Bonchev–Trinajstić information content (AvgIpc) is 2.35. The van der Waals surface area contributed by atoms with Gasteiger partial charge in [0.1, 0.15) is 5.75 Å². The van der Waals surface area contributed by atoms with E-state index in [1.165, 1.54) is 25.3 Å². The molecule has 0 bridgehead atoms. The molecule has 1 aromatic carbocycles. The van der Waals surface area contributed by atoms with Crippen molar-refractivity contribution in [3.05, 3.63) is 42.0 Å². The molecule has 0 spiro atoms. The molecule has 0 heterocycles. The minimum atomic E-state index is -0.526. The largest absolute Gasteiger partial charge is 0.508 e. The number of carbonyl (C=O) groups excluding carboxylic acids is 2. The van der Waals surface area contributed by atoms with Crippen molar-refractivity contribution in [2.45, 2.75) is 12.8 Å². The molecule has 4 heteroatoms. The number of ketones is 1. The minimum Gasteiger partial charge on any atom is -0.508 e. The first-order valence-corrected chi connectivity index (χ1v) is 5.14. The van der Waals surface area contributed by atoms with Gasteiger partial charge in [-0.3, -0.25) is 4.79 Å². The summed E-state index contributed by atoms with van der Waals surface area (Å²) in [5.41, 5.74) is 0.953. The van der Waals surface area contributed by atoms with Crippen molar-refractivity contribution in [1.29, 1.82) is 0 Å². The molecule has 0 aliphatic heterocycles. The standard InChI is InChI=1S/C13H14O4/c1-3-10(14)6-4-9-5-7-11(15)8-12(9)13(16)17-2/h3,5,7-8,15H,1,4,6H2,2H3. The highest BCUT2D eigenvalue weighted by Gasteiger charge is 2.13. The monoisotopic (exact) mass is 234 g/mol. The fourth-order valence-electron chi connectivity index (χ4n) is 1.44. The van der Waals surface area contributed by atoms with Crippen molar-refractivity contribution in [3.63, 3.8) is 0 Å². The number of methoxy groups -OCH3 is 1. The van der Waals surface area contributed by atoms with Crippen molar-refractivity contribution >= 4 is 11.8 Å². The maximum atomic E-state index is 11.5. The molecule has 17 heavy (non-hydrogen) atoms. The van der Waals surface area contributed by atoms with Crippen LogP contribution in [0.4, 0.5) is 0 Å². The number of ether oxygens (including phenoxy) is 1. The van der Waals surface area contributed by atoms with Crippen LogP contribution in [-0.2, 0) is 16.0 Å². The van der Waals surface area contributed by atoms with Crippen LogP contribution in [0.5, 0.6) is 5.75 Å². The van der Waals surface area contributed by atoms with Gasteiger partial charge in [-0.2, -0.15) is 0 Å².